The lowest BCUT2D eigenvalue weighted by Gasteiger charge is -2.13. The van der Waals surface area contributed by atoms with Gasteiger partial charge in [0.25, 0.3) is 5.91 Å². The quantitative estimate of drug-likeness (QED) is 0.559. The molecule has 0 aliphatic heterocycles. The van der Waals surface area contributed by atoms with E-state index in [1.54, 1.807) is 12.4 Å². The van der Waals surface area contributed by atoms with Crippen LogP contribution in [-0.4, -0.2) is 15.5 Å². The highest BCUT2D eigenvalue weighted by Crippen LogP contribution is 2.26. The molecule has 0 bridgehead atoms. The van der Waals surface area contributed by atoms with Gasteiger partial charge in [-0.1, -0.05) is 29.8 Å². The third-order valence-electron chi connectivity index (χ3n) is 4.95. The highest BCUT2D eigenvalue weighted by molar-refractivity contribution is 5.97. The van der Waals surface area contributed by atoms with Crippen molar-refractivity contribution in [3.05, 3.63) is 88.6 Å². The fourth-order valence-corrected chi connectivity index (χ4v) is 3.44. The average molecular weight is 373 g/mol. The van der Waals surface area contributed by atoms with Gasteiger partial charge in [0.2, 0.25) is 0 Å². The summed E-state index contributed by atoms with van der Waals surface area (Å²) >= 11 is 0. The number of hydrogen-bond donors (Lipinski definition) is 1. The standard InChI is InChI=1S/C23H23N3O2/c1-15-6-7-16(2)19(9-15)14-26-20-10-17(3)28-22(20)11-21(26)23(27)25-13-18-5-4-8-24-12-18/h4-12H,13-14H2,1-3H3,(H,25,27). The number of fused-ring (bicyclic) bond motifs is 1. The molecule has 0 saturated carbocycles. The van der Waals surface area contributed by atoms with Gasteiger partial charge in [-0.2, -0.15) is 0 Å². The Morgan fingerprint density at radius 2 is 2.00 bits per heavy atom. The number of amides is 1. The maximum atomic E-state index is 12.9. The van der Waals surface area contributed by atoms with Crippen LogP contribution in [0.3, 0.4) is 0 Å². The highest BCUT2D eigenvalue weighted by atomic mass is 16.3. The van der Waals surface area contributed by atoms with E-state index in [9.17, 15) is 4.79 Å². The molecule has 1 amide bonds. The summed E-state index contributed by atoms with van der Waals surface area (Å²) in [7, 11) is 0. The molecule has 3 heterocycles. The van der Waals surface area contributed by atoms with Gasteiger partial charge in [0.15, 0.2) is 5.58 Å². The van der Waals surface area contributed by atoms with E-state index < -0.39 is 0 Å². The molecule has 28 heavy (non-hydrogen) atoms. The van der Waals surface area contributed by atoms with Gasteiger partial charge in [0, 0.05) is 37.6 Å². The minimum absolute atomic E-state index is 0.127. The van der Waals surface area contributed by atoms with Gasteiger partial charge in [-0.25, -0.2) is 0 Å². The fourth-order valence-electron chi connectivity index (χ4n) is 3.44. The molecule has 4 aromatic rings. The number of hydrogen-bond acceptors (Lipinski definition) is 3. The summed E-state index contributed by atoms with van der Waals surface area (Å²) in [5.41, 5.74) is 6.82. The van der Waals surface area contributed by atoms with Gasteiger partial charge in [-0.15, -0.1) is 0 Å². The van der Waals surface area contributed by atoms with Crippen molar-refractivity contribution in [2.24, 2.45) is 0 Å². The molecule has 0 aliphatic rings. The van der Waals surface area contributed by atoms with Crippen molar-refractivity contribution in [2.75, 3.05) is 0 Å². The summed E-state index contributed by atoms with van der Waals surface area (Å²) in [6, 6.07) is 14.0. The lowest BCUT2D eigenvalue weighted by molar-refractivity contribution is 0.0942. The van der Waals surface area contributed by atoms with Crippen LogP contribution in [0.5, 0.6) is 0 Å². The molecule has 0 aliphatic carbocycles. The zero-order valence-electron chi connectivity index (χ0n) is 16.3. The minimum atomic E-state index is -0.127. The molecule has 3 aromatic heterocycles. The second-order valence-electron chi connectivity index (χ2n) is 7.20. The number of rotatable bonds is 5. The van der Waals surface area contributed by atoms with E-state index >= 15 is 0 Å². The van der Waals surface area contributed by atoms with Crippen molar-refractivity contribution in [3.63, 3.8) is 0 Å². The number of benzene rings is 1. The monoisotopic (exact) mass is 373 g/mol. The summed E-state index contributed by atoms with van der Waals surface area (Å²) in [6.07, 6.45) is 3.47. The summed E-state index contributed by atoms with van der Waals surface area (Å²) in [4.78, 5) is 17.0. The summed E-state index contributed by atoms with van der Waals surface area (Å²) in [5.74, 6) is 0.709. The molecule has 4 rings (SSSR count). The number of aromatic nitrogens is 2. The molecule has 5 heteroatoms. The van der Waals surface area contributed by atoms with E-state index in [1.165, 1.54) is 16.7 Å². The van der Waals surface area contributed by atoms with Crippen LogP contribution in [0.4, 0.5) is 0 Å². The molecule has 142 valence electrons. The Bertz CT molecular complexity index is 1140. The first-order chi connectivity index (χ1) is 13.5. The molecular weight excluding hydrogens is 350 g/mol. The number of nitrogens with one attached hydrogen (secondary N) is 1. The maximum absolute atomic E-state index is 12.9. The number of carbonyl (C=O) groups is 1. The van der Waals surface area contributed by atoms with E-state index in [4.69, 9.17) is 4.42 Å². The Kier molecular flexibility index (Phi) is 4.74. The first-order valence-electron chi connectivity index (χ1n) is 9.34. The van der Waals surface area contributed by atoms with E-state index in [2.05, 4.69) is 42.3 Å². The van der Waals surface area contributed by atoms with Crippen molar-refractivity contribution in [1.29, 1.82) is 0 Å². The Balaban J connectivity index is 1.68. The average Bonchev–Trinajstić information content (AvgIpc) is 3.20. The third-order valence-corrected chi connectivity index (χ3v) is 4.95. The van der Waals surface area contributed by atoms with Gasteiger partial charge in [0.1, 0.15) is 11.5 Å². The first kappa shape index (κ1) is 18.0. The number of pyridine rings is 1. The van der Waals surface area contributed by atoms with Crippen LogP contribution in [-0.2, 0) is 13.1 Å². The number of nitrogens with zero attached hydrogens (tertiary/aromatic N) is 2. The number of carbonyl (C=O) groups excluding carboxylic acids is 1. The summed E-state index contributed by atoms with van der Waals surface area (Å²) in [5, 5.41) is 2.99. The molecule has 0 radical (unpaired) electrons. The van der Waals surface area contributed by atoms with Crippen molar-refractivity contribution >= 4 is 17.0 Å². The molecule has 0 fully saturated rings. The predicted octanol–water partition coefficient (Wildman–Crippen LogP) is 4.53. The molecular formula is C23H23N3O2. The minimum Gasteiger partial charge on any atom is -0.460 e. The lowest BCUT2D eigenvalue weighted by Crippen LogP contribution is -2.25. The number of furan rings is 1. The normalized spacial score (nSPS) is 11.1. The van der Waals surface area contributed by atoms with Crippen LogP contribution in [0, 0.1) is 20.8 Å². The zero-order chi connectivity index (χ0) is 19.7. The lowest BCUT2D eigenvalue weighted by atomic mass is 10.1. The zero-order valence-corrected chi connectivity index (χ0v) is 16.3. The molecule has 5 nitrogen and oxygen atoms in total. The van der Waals surface area contributed by atoms with Crippen molar-refractivity contribution < 1.29 is 9.21 Å². The summed E-state index contributed by atoms with van der Waals surface area (Å²) < 4.78 is 7.82. The van der Waals surface area contributed by atoms with Crippen LogP contribution in [0.1, 0.15) is 38.5 Å². The molecule has 1 N–H and O–H groups in total. The topological polar surface area (TPSA) is 60.1 Å². The fraction of sp³-hybridized carbons (Fsp3) is 0.217. The van der Waals surface area contributed by atoms with Crippen LogP contribution < -0.4 is 5.32 Å². The van der Waals surface area contributed by atoms with Crippen LogP contribution in [0.15, 0.2) is 59.3 Å². The largest absolute Gasteiger partial charge is 0.460 e. The Labute approximate surface area is 164 Å². The smallest absolute Gasteiger partial charge is 0.268 e. The Hall–Kier alpha value is -3.34. The second-order valence-corrected chi connectivity index (χ2v) is 7.20. The van der Waals surface area contributed by atoms with E-state index in [0.29, 0.717) is 18.8 Å². The first-order valence-corrected chi connectivity index (χ1v) is 9.34. The van der Waals surface area contributed by atoms with E-state index in [1.807, 2.05) is 35.8 Å². The van der Waals surface area contributed by atoms with Crippen LogP contribution in [0.25, 0.3) is 11.1 Å². The molecule has 1 aromatic carbocycles. The van der Waals surface area contributed by atoms with Gasteiger partial charge in [0.05, 0.1) is 5.52 Å². The Morgan fingerprint density at radius 1 is 1.14 bits per heavy atom. The van der Waals surface area contributed by atoms with E-state index in [0.717, 1.165) is 22.4 Å². The van der Waals surface area contributed by atoms with Gasteiger partial charge in [-0.05, 0) is 43.5 Å². The van der Waals surface area contributed by atoms with E-state index in [-0.39, 0.29) is 5.91 Å². The Morgan fingerprint density at radius 3 is 2.79 bits per heavy atom. The second kappa shape index (κ2) is 7.35. The van der Waals surface area contributed by atoms with Gasteiger partial charge in [-0.3, -0.25) is 9.78 Å². The molecule has 0 spiro atoms. The van der Waals surface area contributed by atoms with Crippen LogP contribution >= 0.6 is 0 Å². The molecule has 0 atom stereocenters. The van der Waals surface area contributed by atoms with Gasteiger partial charge >= 0.3 is 0 Å². The summed E-state index contributed by atoms with van der Waals surface area (Å²) in [6.45, 7) is 7.15. The number of aryl methyl sites for hydroxylation is 3. The SMILES string of the molecule is Cc1ccc(C)c(Cn2c(C(=O)NCc3cccnc3)cc3oc(C)cc32)c1. The maximum Gasteiger partial charge on any atom is 0.268 e. The predicted molar refractivity (Wildman–Crippen MR) is 109 cm³/mol. The molecule has 0 unspecified atom stereocenters. The van der Waals surface area contributed by atoms with Gasteiger partial charge < -0.3 is 14.3 Å². The van der Waals surface area contributed by atoms with Crippen molar-refractivity contribution in [3.8, 4) is 0 Å². The highest BCUT2D eigenvalue weighted by Gasteiger charge is 2.19. The van der Waals surface area contributed by atoms with Crippen molar-refractivity contribution in [2.45, 2.75) is 33.9 Å². The third kappa shape index (κ3) is 3.56. The molecule has 0 saturated heterocycles. The van der Waals surface area contributed by atoms with Crippen LogP contribution in [0.2, 0.25) is 0 Å². The van der Waals surface area contributed by atoms with Crippen molar-refractivity contribution in [1.82, 2.24) is 14.9 Å².